The molecule has 9 heteroatoms. The van der Waals surface area contributed by atoms with E-state index in [4.69, 9.17) is 24.7 Å². The first-order chi connectivity index (χ1) is 13.1. The molecule has 0 aliphatic heterocycles. The third-order valence-electron chi connectivity index (χ3n) is 3.73. The minimum Gasteiger partial charge on any atom is -0.468 e. The molecule has 0 radical (unpaired) electrons. The molecular weight excluding hydrogens is 370 g/mol. The Labute approximate surface area is 163 Å². The molecule has 0 fully saturated rings. The molecule has 0 aromatic heterocycles. The highest BCUT2D eigenvalue weighted by molar-refractivity contribution is 5.81. The van der Waals surface area contributed by atoms with Gasteiger partial charge in [-0.1, -0.05) is 13.0 Å². The summed E-state index contributed by atoms with van der Waals surface area (Å²) in [5, 5.41) is 0. The summed E-state index contributed by atoms with van der Waals surface area (Å²) >= 11 is 0. The van der Waals surface area contributed by atoms with Crippen LogP contribution in [-0.4, -0.2) is 43.1 Å². The van der Waals surface area contributed by atoms with Gasteiger partial charge in [0.05, 0.1) is 13.7 Å². The number of ether oxygens (including phenoxy) is 4. The van der Waals surface area contributed by atoms with Crippen molar-refractivity contribution in [3.63, 3.8) is 0 Å². The highest BCUT2D eigenvalue weighted by atomic mass is 16.6. The van der Waals surface area contributed by atoms with E-state index in [1.807, 2.05) is 0 Å². The SMILES string of the molecule is CCC(=O)OCC[C@@](N)(Cc1ccc(OC(C)=O)c(OC(C)=O)c1)C(=O)OC. The Morgan fingerprint density at radius 1 is 1.04 bits per heavy atom. The van der Waals surface area contributed by atoms with Crippen molar-refractivity contribution in [2.24, 2.45) is 5.73 Å². The van der Waals surface area contributed by atoms with E-state index < -0.39 is 29.4 Å². The van der Waals surface area contributed by atoms with Gasteiger partial charge in [-0.25, -0.2) is 0 Å². The first-order valence-corrected chi connectivity index (χ1v) is 8.64. The van der Waals surface area contributed by atoms with Gasteiger partial charge in [0.15, 0.2) is 11.5 Å². The molecule has 0 bridgehead atoms. The van der Waals surface area contributed by atoms with Gasteiger partial charge in [0.25, 0.3) is 0 Å². The van der Waals surface area contributed by atoms with Crippen molar-refractivity contribution in [2.75, 3.05) is 13.7 Å². The van der Waals surface area contributed by atoms with E-state index >= 15 is 0 Å². The number of esters is 4. The molecule has 1 rings (SSSR count). The third kappa shape index (κ3) is 6.99. The van der Waals surface area contributed by atoms with Gasteiger partial charge in [-0.2, -0.15) is 0 Å². The maximum Gasteiger partial charge on any atom is 0.326 e. The first-order valence-electron chi connectivity index (χ1n) is 8.64. The second-order valence-corrected chi connectivity index (χ2v) is 6.12. The zero-order valence-corrected chi connectivity index (χ0v) is 16.4. The molecule has 1 aromatic carbocycles. The van der Waals surface area contributed by atoms with Gasteiger partial charge >= 0.3 is 23.9 Å². The Bertz CT molecular complexity index is 745. The van der Waals surface area contributed by atoms with Crippen LogP contribution in [0.1, 0.15) is 39.2 Å². The normalized spacial score (nSPS) is 12.5. The zero-order valence-electron chi connectivity index (χ0n) is 16.4. The Hall–Kier alpha value is -2.94. The number of carbonyl (C=O) groups excluding carboxylic acids is 4. The average Bonchev–Trinajstić information content (AvgIpc) is 2.62. The van der Waals surface area contributed by atoms with Crippen LogP contribution in [-0.2, 0) is 35.1 Å². The summed E-state index contributed by atoms with van der Waals surface area (Å²) in [7, 11) is 1.20. The third-order valence-corrected chi connectivity index (χ3v) is 3.73. The Kier molecular flexibility index (Phi) is 8.59. The number of rotatable bonds is 9. The Balaban J connectivity index is 3.09. The number of nitrogens with two attached hydrogens (primary N) is 1. The monoisotopic (exact) mass is 395 g/mol. The molecule has 9 nitrogen and oxygen atoms in total. The molecule has 28 heavy (non-hydrogen) atoms. The van der Waals surface area contributed by atoms with Crippen LogP contribution in [0, 0.1) is 0 Å². The van der Waals surface area contributed by atoms with E-state index in [0.29, 0.717) is 5.56 Å². The molecule has 0 aliphatic carbocycles. The number of methoxy groups -OCH3 is 1. The van der Waals surface area contributed by atoms with Crippen LogP contribution < -0.4 is 15.2 Å². The fourth-order valence-electron chi connectivity index (χ4n) is 2.42. The van der Waals surface area contributed by atoms with E-state index in [1.165, 1.54) is 33.1 Å². The first kappa shape index (κ1) is 23.1. The predicted octanol–water partition coefficient (Wildman–Crippen LogP) is 1.29. The van der Waals surface area contributed by atoms with Crippen LogP contribution in [0.15, 0.2) is 18.2 Å². The molecule has 0 amide bonds. The van der Waals surface area contributed by atoms with Crippen molar-refractivity contribution in [1.29, 1.82) is 0 Å². The van der Waals surface area contributed by atoms with Crippen LogP contribution >= 0.6 is 0 Å². The number of benzene rings is 1. The number of hydrogen-bond acceptors (Lipinski definition) is 9. The summed E-state index contributed by atoms with van der Waals surface area (Å²) in [5.41, 5.74) is 5.28. The van der Waals surface area contributed by atoms with Gasteiger partial charge in [-0.3, -0.25) is 19.2 Å². The zero-order chi connectivity index (χ0) is 21.3. The van der Waals surface area contributed by atoms with Gasteiger partial charge in [0.1, 0.15) is 5.54 Å². The Morgan fingerprint density at radius 3 is 2.18 bits per heavy atom. The second-order valence-electron chi connectivity index (χ2n) is 6.12. The van der Waals surface area contributed by atoms with Crippen molar-refractivity contribution < 1.29 is 38.1 Å². The van der Waals surface area contributed by atoms with Crippen LogP contribution in [0.4, 0.5) is 0 Å². The lowest BCUT2D eigenvalue weighted by atomic mass is 9.88. The summed E-state index contributed by atoms with van der Waals surface area (Å²) < 4.78 is 19.9. The minimum absolute atomic E-state index is 0.0119. The molecule has 2 N–H and O–H groups in total. The predicted molar refractivity (Wildman–Crippen MR) is 97.6 cm³/mol. The molecule has 0 spiro atoms. The largest absolute Gasteiger partial charge is 0.468 e. The van der Waals surface area contributed by atoms with Gasteiger partial charge < -0.3 is 24.7 Å². The fourth-order valence-corrected chi connectivity index (χ4v) is 2.42. The number of hydrogen-bond donors (Lipinski definition) is 1. The summed E-state index contributed by atoms with van der Waals surface area (Å²) in [6.45, 7) is 4.01. The highest BCUT2D eigenvalue weighted by Gasteiger charge is 2.36. The van der Waals surface area contributed by atoms with Gasteiger partial charge in [-0.15, -0.1) is 0 Å². The van der Waals surface area contributed by atoms with E-state index in [1.54, 1.807) is 13.0 Å². The van der Waals surface area contributed by atoms with Crippen molar-refractivity contribution in [2.45, 2.75) is 45.6 Å². The van der Waals surface area contributed by atoms with Crippen molar-refractivity contribution in [3.8, 4) is 11.5 Å². The lowest BCUT2D eigenvalue weighted by molar-refractivity contribution is -0.151. The second kappa shape index (κ2) is 10.4. The smallest absolute Gasteiger partial charge is 0.326 e. The molecule has 0 unspecified atom stereocenters. The van der Waals surface area contributed by atoms with Gasteiger partial charge in [0, 0.05) is 33.1 Å². The Morgan fingerprint density at radius 2 is 1.64 bits per heavy atom. The summed E-state index contributed by atoms with van der Waals surface area (Å²) in [6, 6.07) is 4.46. The van der Waals surface area contributed by atoms with Gasteiger partial charge in [-0.05, 0) is 17.7 Å². The molecule has 1 atom stereocenters. The minimum atomic E-state index is -1.47. The number of carbonyl (C=O) groups is 4. The maximum atomic E-state index is 12.2. The average molecular weight is 395 g/mol. The molecule has 0 saturated heterocycles. The lowest BCUT2D eigenvalue weighted by Crippen LogP contribution is -2.51. The highest BCUT2D eigenvalue weighted by Crippen LogP contribution is 2.30. The van der Waals surface area contributed by atoms with Crippen molar-refractivity contribution >= 4 is 23.9 Å². The molecule has 0 saturated carbocycles. The summed E-state index contributed by atoms with van der Waals surface area (Å²) in [5.74, 6) is -2.20. The molecule has 0 aliphatic rings. The fraction of sp³-hybridized carbons (Fsp3) is 0.474. The summed E-state index contributed by atoms with van der Waals surface area (Å²) in [6.07, 6.45) is 0.247. The van der Waals surface area contributed by atoms with E-state index in [-0.39, 0.29) is 37.4 Å². The molecule has 0 heterocycles. The standard InChI is InChI=1S/C19H25NO8/c1-5-17(23)26-9-8-19(20,18(24)25-4)11-14-6-7-15(27-12(2)21)16(10-14)28-13(3)22/h6-7,10H,5,8-9,11,20H2,1-4H3/t19-/m1/s1. The van der Waals surface area contributed by atoms with Crippen LogP contribution in [0.25, 0.3) is 0 Å². The van der Waals surface area contributed by atoms with Crippen molar-refractivity contribution in [3.05, 3.63) is 23.8 Å². The van der Waals surface area contributed by atoms with Crippen LogP contribution in [0.2, 0.25) is 0 Å². The topological polar surface area (TPSA) is 131 Å². The van der Waals surface area contributed by atoms with Crippen molar-refractivity contribution in [1.82, 2.24) is 0 Å². The van der Waals surface area contributed by atoms with E-state index in [0.717, 1.165) is 0 Å². The van der Waals surface area contributed by atoms with Crippen LogP contribution in [0.3, 0.4) is 0 Å². The van der Waals surface area contributed by atoms with Crippen LogP contribution in [0.5, 0.6) is 11.5 Å². The van der Waals surface area contributed by atoms with E-state index in [2.05, 4.69) is 0 Å². The quantitative estimate of drug-likeness (QED) is 0.485. The lowest BCUT2D eigenvalue weighted by Gasteiger charge is -2.26. The summed E-state index contributed by atoms with van der Waals surface area (Å²) in [4.78, 5) is 46.0. The van der Waals surface area contributed by atoms with Gasteiger partial charge in [0.2, 0.25) is 0 Å². The van der Waals surface area contributed by atoms with E-state index in [9.17, 15) is 19.2 Å². The maximum absolute atomic E-state index is 12.2. The molecule has 154 valence electrons. The molecule has 1 aromatic rings. The molecular formula is C19H25NO8.